The summed E-state index contributed by atoms with van der Waals surface area (Å²) >= 11 is 1.44. The minimum Gasteiger partial charge on any atom is -0.385 e. The van der Waals surface area contributed by atoms with Crippen LogP contribution in [-0.2, 0) is 0 Å². The van der Waals surface area contributed by atoms with Crippen molar-refractivity contribution in [2.24, 2.45) is 5.41 Å². The zero-order valence-electron chi connectivity index (χ0n) is 14.0. The Bertz CT molecular complexity index is 606. The van der Waals surface area contributed by atoms with Gasteiger partial charge in [-0.3, -0.25) is 4.79 Å². The summed E-state index contributed by atoms with van der Waals surface area (Å²) in [4.78, 5) is 15.5. The van der Waals surface area contributed by atoms with E-state index < -0.39 is 5.60 Å². The Morgan fingerprint density at radius 3 is 2.59 bits per heavy atom. The summed E-state index contributed by atoms with van der Waals surface area (Å²) < 4.78 is 0. The Morgan fingerprint density at radius 2 is 2.09 bits per heavy atom. The average Bonchev–Trinajstić information content (AvgIpc) is 2.88. The molecule has 1 unspecified atom stereocenters. The Hall–Kier alpha value is -1.23. The van der Waals surface area contributed by atoms with E-state index in [0.29, 0.717) is 16.9 Å². The molecule has 4 heteroatoms. The number of ketones is 1. The smallest absolute Gasteiger partial charge is 0.202 e. The van der Waals surface area contributed by atoms with E-state index in [1.54, 1.807) is 6.08 Å². The number of Topliss-reactive ketones (excluding diaryl/α,β-unsaturated/α-hetero) is 1. The molecule has 1 atom stereocenters. The van der Waals surface area contributed by atoms with Crippen LogP contribution in [0.15, 0.2) is 40.8 Å². The SMILES string of the molecule is CN(C)CC1=CC(C(=O)c2cccs2)=CC(O)(C(C)(C)C)C1. The lowest BCUT2D eigenvalue weighted by molar-refractivity contribution is -0.0158. The summed E-state index contributed by atoms with van der Waals surface area (Å²) in [5.41, 5.74) is 0.350. The lowest BCUT2D eigenvalue weighted by Gasteiger charge is -2.41. The zero-order valence-corrected chi connectivity index (χ0v) is 14.8. The van der Waals surface area contributed by atoms with Gasteiger partial charge in [-0.1, -0.05) is 38.5 Å². The van der Waals surface area contributed by atoms with Crippen molar-refractivity contribution in [3.63, 3.8) is 0 Å². The van der Waals surface area contributed by atoms with Crippen molar-refractivity contribution in [2.45, 2.75) is 32.8 Å². The molecule has 120 valence electrons. The van der Waals surface area contributed by atoms with Gasteiger partial charge in [-0.05, 0) is 37.0 Å². The van der Waals surface area contributed by atoms with Crippen molar-refractivity contribution in [1.29, 1.82) is 0 Å². The monoisotopic (exact) mass is 319 g/mol. The molecule has 0 saturated heterocycles. The summed E-state index contributed by atoms with van der Waals surface area (Å²) in [7, 11) is 3.99. The molecule has 1 aromatic rings. The number of aliphatic hydroxyl groups is 1. The second-order valence-corrected chi connectivity index (χ2v) is 8.25. The highest BCUT2D eigenvalue weighted by Crippen LogP contribution is 2.41. The molecule has 1 N–H and O–H groups in total. The molecule has 1 aromatic heterocycles. The highest BCUT2D eigenvalue weighted by Gasteiger charge is 2.41. The van der Waals surface area contributed by atoms with Crippen LogP contribution < -0.4 is 0 Å². The summed E-state index contributed by atoms with van der Waals surface area (Å²) in [5, 5.41) is 13.0. The Labute approximate surface area is 137 Å². The maximum atomic E-state index is 12.7. The maximum Gasteiger partial charge on any atom is 0.202 e. The minimum absolute atomic E-state index is 0.00590. The van der Waals surface area contributed by atoms with Gasteiger partial charge in [0, 0.05) is 18.5 Å². The largest absolute Gasteiger partial charge is 0.385 e. The van der Waals surface area contributed by atoms with Crippen LogP contribution in [-0.4, -0.2) is 42.0 Å². The number of nitrogens with zero attached hydrogens (tertiary/aromatic N) is 1. The summed E-state index contributed by atoms with van der Waals surface area (Å²) in [5.74, 6) is -0.00590. The molecule has 1 aliphatic rings. The third-order valence-corrected chi connectivity index (χ3v) is 4.94. The van der Waals surface area contributed by atoms with Gasteiger partial charge < -0.3 is 10.0 Å². The van der Waals surface area contributed by atoms with E-state index >= 15 is 0 Å². The topological polar surface area (TPSA) is 40.5 Å². The molecule has 0 amide bonds. The molecule has 22 heavy (non-hydrogen) atoms. The third kappa shape index (κ3) is 3.57. The Morgan fingerprint density at radius 1 is 1.41 bits per heavy atom. The molecule has 0 bridgehead atoms. The number of rotatable bonds is 4. The van der Waals surface area contributed by atoms with Gasteiger partial charge in [0.1, 0.15) is 0 Å². The third-order valence-electron chi connectivity index (χ3n) is 4.08. The van der Waals surface area contributed by atoms with E-state index in [2.05, 4.69) is 4.90 Å². The van der Waals surface area contributed by atoms with Gasteiger partial charge >= 0.3 is 0 Å². The van der Waals surface area contributed by atoms with Crippen LogP contribution in [0.1, 0.15) is 36.9 Å². The van der Waals surface area contributed by atoms with Gasteiger partial charge in [-0.15, -0.1) is 11.3 Å². The molecule has 0 radical (unpaired) electrons. The van der Waals surface area contributed by atoms with Crippen molar-refractivity contribution in [2.75, 3.05) is 20.6 Å². The summed E-state index contributed by atoms with van der Waals surface area (Å²) in [6, 6.07) is 3.71. The number of hydrogen-bond donors (Lipinski definition) is 1. The lowest BCUT2D eigenvalue weighted by Crippen LogP contribution is -2.44. The molecular weight excluding hydrogens is 294 g/mol. The predicted molar refractivity (Wildman–Crippen MR) is 92.4 cm³/mol. The molecule has 0 spiro atoms. The van der Waals surface area contributed by atoms with Crippen molar-refractivity contribution in [3.8, 4) is 0 Å². The van der Waals surface area contributed by atoms with Crippen molar-refractivity contribution in [1.82, 2.24) is 4.90 Å². The number of carbonyl (C=O) groups excluding carboxylic acids is 1. The van der Waals surface area contributed by atoms with E-state index in [1.807, 2.05) is 58.5 Å². The van der Waals surface area contributed by atoms with Crippen LogP contribution in [0.25, 0.3) is 0 Å². The van der Waals surface area contributed by atoms with Gasteiger partial charge in [0.25, 0.3) is 0 Å². The first kappa shape index (κ1) is 17.1. The van der Waals surface area contributed by atoms with Crippen molar-refractivity contribution < 1.29 is 9.90 Å². The van der Waals surface area contributed by atoms with E-state index in [-0.39, 0.29) is 11.2 Å². The molecular formula is C18H25NO2S. The Kier molecular flexibility index (Phi) is 4.76. The fraction of sp³-hybridized carbons (Fsp3) is 0.500. The molecule has 1 aliphatic carbocycles. The zero-order chi connectivity index (χ0) is 16.5. The fourth-order valence-corrected chi connectivity index (χ4v) is 3.32. The van der Waals surface area contributed by atoms with Gasteiger partial charge in [0.2, 0.25) is 5.78 Å². The first-order chi connectivity index (χ1) is 10.1. The van der Waals surface area contributed by atoms with Gasteiger partial charge in [0.15, 0.2) is 0 Å². The minimum atomic E-state index is -1.00. The second kappa shape index (κ2) is 6.11. The number of likely N-dealkylation sites (N-methyl/N-ethyl adjacent to an activating group) is 1. The number of allylic oxidation sites excluding steroid dienone is 2. The average molecular weight is 319 g/mol. The molecule has 0 aromatic carbocycles. The van der Waals surface area contributed by atoms with Gasteiger partial charge in [-0.25, -0.2) is 0 Å². The quantitative estimate of drug-likeness (QED) is 0.863. The molecule has 0 saturated carbocycles. The second-order valence-electron chi connectivity index (χ2n) is 7.30. The highest BCUT2D eigenvalue weighted by atomic mass is 32.1. The van der Waals surface area contributed by atoms with Gasteiger partial charge in [-0.2, -0.15) is 0 Å². The Balaban J connectivity index is 2.43. The summed E-state index contributed by atoms with van der Waals surface area (Å²) in [6.45, 7) is 6.77. The number of thiophene rings is 1. The number of carbonyl (C=O) groups is 1. The van der Waals surface area contributed by atoms with Crippen LogP contribution in [0.5, 0.6) is 0 Å². The van der Waals surface area contributed by atoms with Crippen molar-refractivity contribution in [3.05, 3.63) is 45.7 Å². The normalized spacial score (nSPS) is 22.5. The van der Waals surface area contributed by atoms with E-state index in [4.69, 9.17) is 0 Å². The van der Waals surface area contributed by atoms with Crippen LogP contribution in [0.4, 0.5) is 0 Å². The molecule has 2 rings (SSSR count). The van der Waals surface area contributed by atoms with Crippen LogP contribution in [0.3, 0.4) is 0 Å². The van der Waals surface area contributed by atoms with Crippen molar-refractivity contribution >= 4 is 17.1 Å². The summed E-state index contributed by atoms with van der Waals surface area (Å²) in [6.07, 6.45) is 4.27. The molecule has 1 heterocycles. The highest BCUT2D eigenvalue weighted by molar-refractivity contribution is 7.12. The van der Waals surface area contributed by atoms with E-state index in [0.717, 1.165) is 12.1 Å². The standard InChI is InChI=1S/C18H25NO2S/c1-17(2,3)18(21)10-13(12-19(4)5)9-14(11-18)16(20)15-7-6-8-22-15/h6-9,11,21H,10,12H2,1-5H3. The maximum absolute atomic E-state index is 12.7. The van der Waals surface area contributed by atoms with Gasteiger partial charge in [0.05, 0.1) is 10.5 Å². The number of hydrogen-bond acceptors (Lipinski definition) is 4. The van der Waals surface area contributed by atoms with E-state index in [1.165, 1.54) is 11.3 Å². The molecule has 3 nitrogen and oxygen atoms in total. The lowest BCUT2D eigenvalue weighted by atomic mass is 9.69. The van der Waals surface area contributed by atoms with Crippen LogP contribution >= 0.6 is 11.3 Å². The first-order valence-corrected chi connectivity index (χ1v) is 8.38. The van der Waals surface area contributed by atoms with Crippen LogP contribution in [0, 0.1) is 5.41 Å². The fourth-order valence-electron chi connectivity index (χ4n) is 2.64. The van der Waals surface area contributed by atoms with Crippen LogP contribution in [0.2, 0.25) is 0 Å². The van der Waals surface area contributed by atoms with E-state index in [9.17, 15) is 9.90 Å². The predicted octanol–water partition coefficient (Wildman–Crippen LogP) is 3.53. The molecule has 0 aliphatic heterocycles. The molecule has 0 fully saturated rings. The first-order valence-electron chi connectivity index (χ1n) is 7.50.